The van der Waals surface area contributed by atoms with Crippen molar-refractivity contribution in [3.8, 4) is 0 Å². The summed E-state index contributed by atoms with van der Waals surface area (Å²) in [5, 5.41) is 6.44. The Bertz CT molecular complexity index is 220. The first-order valence-corrected chi connectivity index (χ1v) is 7.16. The third-order valence-electron chi connectivity index (χ3n) is 3.42. The number of carbonyl (C=O) groups is 1. The van der Waals surface area contributed by atoms with E-state index in [9.17, 15) is 4.79 Å². The van der Waals surface area contributed by atoms with Crippen LogP contribution in [0.15, 0.2) is 0 Å². The Morgan fingerprint density at radius 1 is 1.00 bits per heavy atom. The fourth-order valence-electron chi connectivity index (χ4n) is 2.46. The van der Waals surface area contributed by atoms with Crippen LogP contribution >= 0.6 is 0 Å². The lowest BCUT2D eigenvalue weighted by molar-refractivity contribution is -0.123. The average molecular weight is 240 g/mol. The van der Waals surface area contributed by atoms with Gasteiger partial charge in [-0.25, -0.2) is 0 Å². The largest absolute Gasteiger partial charge is 0.353 e. The van der Waals surface area contributed by atoms with Gasteiger partial charge in [-0.3, -0.25) is 4.79 Å². The third-order valence-corrected chi connectivity index (χ3v) is 3.42. The standard InChI is InChI=1S/C14H28N2O/c1-11(2)15-14(17)12(3)16-13-9-7-5-4-6-8-10-13/h11-13,16H,4-10H2,1-3H3,(H,15,17). The maximum Gasteiger partial charge on any atom is 0.237 e. The van der Waals surface area contributed by atoms with Gasteiger partial charge in [0.15, 0.2) is 0 Å². The maximum atomic E-state index is 11.8. The Morgan fingerprint density at radius 2 is 1.53 bits per heavy atom. The topological polar surface area (TPSA) is 41.1 Å². The van der Waals surface area contributed by atoms with Crippen LogP contribution in [0.4, 0.5) is 0 Å². The number of amides is 1. The second-order valence-corrected chi connectivity index (χ2v) is 5.59. The SMILES string of the molecule is CC(C)NC(=O)C(C)NC1CCCCCCC1. The third kappa shape index (κ3) is 6.06. The molecule has 1 rings (SSSR count). The minimum atomic E-state index is -0.0678. The van der Waals surface area contributed by atoms with Gasteiger partial charge in [0.1, 0.15) is 0 Å². The molecule has 3 heteroatoms. The molecule has 1 unspecified atom stereocenters. The quantitative estimate of drug-likeness (QED) is 0.793. The van der Waals surface area contributed by atoms with E-state index in [2.05, 4.69) is 10.6 Å². The van der Waals surface area contributed by atoms with Crippen LogP contribution in [0.25, 0.3) is 0 Å². The van der Waals surface area contributed by atoms with Gasteiger partial charge in [-0.15, -0.1) is 0 Å². The first-order chi connectivity index (χ1) is 8.09. The van der Waals surface area contributed by atoms with Crippen molar-refractivity contribution < 1.29 is 4.79 Å². The number of carbonyl (C=O) groups excluding carboxylic acids is 1. The number of hydrogen-bond acceptors (Lipinski definition) is 2. The maximum absolute atomic E-state index is 11.8. The van der Waals surface area contributed by atoms with Crippen LogP contribution in [0.5, 0.6) is 0 Å². The van der Waals surface area contributed by atoms with Crippen LogP contribution in [0.2, 0.25) is 0 Å². The van der Waals surface area contributed by atoms with Gasteiger partial charge in [0.25, 0.3) is 0 Å². The van der Waals surface area contributed by atoms with Crippen molar-refractivity contribution in [1.82, 2.24) is 10.6 Å². The highest BCUT2D eigenvalue weighted by molar-refractivity contribution is 5.81. The molecule has 0 aliphatic heterocycles. The summed E-state index contributed by atoms with van der Waals surface area (Å²) in [6, 6.07) is 0.689. The Labute approximate surface area is 106 Å². The van der Waals surface area contributed by atoms with E-state index in [0.29, 0.717) is 6.04 Å². The fourth-order valence-corrected chi connectivity index (χ4v) is 2.46. The fraction of sp³-hybridized carbons (Fsp3) is 0.929. The van der Waals surface area contributed by atoms with Crippen molar-refractivity contribution in [3.63, 3.8) is 0 Å². The van der Waals surface area contributed by atoms with Crippen LogP contribution in [0.1, 0.15) is 65.7 Å². The lowest BCUT2D eigenvalue weighted by Gasteiger charge is -2.25. The summed E-state index contributed by atoms with van der Waals surface area (Å²) in [5.74, 6) is 0.127. The predicted molar refractivity (Wildman–Crippen MR) is 72.0 cm³/mol. The highest BCUT2D eigenvalue weighted by atomic mass is 16.2. The number of nitrogens with one attached hydrogen (secondary N) is 2. The van der Waals surface area contributed by atoms with Crippen molar-refractivity contribution in [2.24, 2.45) is 0 Å². The second kappa shape index (κ2) is 7.70. The molecule has 1 amide bonds. The van der Waals surface area contributed by atoms with Gasteiger partial charge in [0, 0.05) is 12.1 Å². The number of hydrogen-bond donors (Lipinski definition) is 2. The van der Waals surface area contributed by atoms with Crippen molar-refractivity contribution in [1.29, 1.82) is 0 Å². The summed E-state index contributed by atoms with van der Waals surface area (Å²) in [6.45, 7) is 5.97. The van der Waals surface area contributed by atoms with Gasteiger partial charge in [-0.1, -0.05) is 32.1 Å². The molecule has 0 aromatic carbocycles. The first kappa shape index (κ1) is 14.5. The van der Waals surface area contributed by atoms with E-state index in [0.717, 1.165) is 0 Å². The lowest BCUT2D eigenvalue weighted by Crippen LogP contribution is -2.48. The summed E-state index contributed by atoms with van der Waals surface area (Å²) in [7, 11) is 0. The van der Waals surface area contributed by atoms with Crippen LogP contribution in [-0.2, 0) is 4.79 Å². The molecule has 0 bridgehead atoms. The van der Waals surface area contributed by atoms with Crippen LogP contribution in [0, 0.1) is 0 Å². The van der Waals surface area contributed by atoms with E-state index in [-0.39, 0.29) is 18.0 Å². The normalized spacial score (nSPS) is 20.7. The molecule has 1 atom stereocenters. The van der Waals surface area contributed by atoms with Crippen LogP contribution in [0.3, 0.4) is 0 Å². The van der Waals surface area contributed by atoms with Gasteiger partial charge in [-0.05, 0) is 33.6 Å². The molecular weight excluding hydrogens is 212 g/mol. The first-order valence-electron chi connectivity index (χ1n) is 7.16. The zero-order valence-electron chi connectivity index (χ0n) is 11.6. The van der Waals surface area contributed by atoms with E-state index < -0.39 is 0 Å². The van der Waals surface area contributed by atoms with Crippen molar-refractivity contribution in [2.45, 2.75) is 83.8 Å². The highest BCUT2D eigenvalue weighted by Crippen LogP contribution is 2.17. The molecule has 0 saturated heterocycles. The summed E-state index contributed by atoms with van der Waals surface area (Å²) < 4.78 is 0. The van der Waals surface area contributed by atoms with E-state index in [4.69, 9.17) is 0 Å². The van der Waals surface area contributed by atoms with Crippen molar-refractivity contribution in [2.75, 3.05) is 0 Å². The minimum Gasteiger partial charge on any atom is -0.353 e. The molecular formula is C14H28N2O. The highest BCUT2D eigenvalue weighted by Gasteiger charge is 2.18. The zero-order valence-corrected chi connectivity index (χ0v) is 11.6. The Kier molecular flexibility index (Phi) is 6.56. The summed E-state index contributed by atoms with van der Waals surface area (Å²) >= 11 is 0. The zero-order chi connectivity index (χ0) is 12.7. The van der Waals surface area contributed by atoms with Gasteiger partial charge < -0.3 is 10.6 Å². The minimum absolute atomic E-state index is 0.0678. The molecule has 0 heterocycles. The Morgan fingerprint density at radius 3 is 2.06 bits per heavy atom. The molecule has 0 aromatic heterocycles. The molecule has 0 radical (unpaired) electrons. The monoisotopic (exact) mass is 240 g/mol. The molecule has 1 fully saturated rings. The lowest BCUT2D eigenvalue weighted by atomic mass is 9.96. The van der Waals surface area contributed by atoms with E-state index >= 15 is 0 Å². The molecule has 1 aliphatic carbocycles. The molecule has 17 heavy (non-hydrogen) atoms. The van der Waals surface area contributed by atoms with Gasteiger partial charge >= 0.3 is 0 Å². The molecule has 2 N–H and O–H groups in total. The molecule has 1 saturated carbocycles. The molecule has 1 aliphatic rings. The second-order valence-electron chi connectivity index (χ2n) is 5.59. The Hall–Kier alpha value is -0.570. The molecule has 0 spiro atoms. The molecule has 0 aromatic rings. The molecule has 100 valence electrons. The van der Waals surface area contributed by atoms with Gasteiger partial charge in [-0.2, -0.15) is 0 Å². The van der Waals surface area contributed by atoms with Crippen molar-refractivity contribution >= 4 is 5.91 Å². The molecule has 3 nitrogen and oxygen atoms in total. The number of rotatable bonds is 4. The van der Waals surface area contributed by atoms with E-state index in [1.165, 1.54) is 44.9 Å². The summed E-state index contributed by atoms with van der Waals surface area (Å²) in [4.78, 5) is 11.8. The summed E-state index contributed by atoms with van der Waals surface area (Å²) in [5.41, 5.74) is 0. The van der Waals surface area contributed by atoms with Gasteiger partial charge in [0.05, 0.1) is 6.04 Å². The van der Waals surface area contributed by atoms with E-state index in [1.807, 2.05) is 20.8 Å². The smallest absolute Gasteiger partial charge is 0.237 e. The predicted octanol–water partition coefficient (Wildman–Crippen LogP) is 2.60. The summed E-state index contributed by atoms with van der Waals surface area (Å²) in [6.07, 6.45) is 9.14. The van der Waals surface area contributed by atoms with Crippen molar-refractivity contribution in [3.05, 3.63) is 0 Å². The van der Waals surface area contributed by atoms with Crippen LogP contribution in [-0.4, -0.2) is 24.0 Å². The van der Waals surface area contributed by atoms with Crippen LogP contribution < -0.4 is 10.6 Å². The van der Waals surface area contributed by atoms with Gasteiger partial charge in [0.2, 0.25) is 5.91 Å². The Balaban J connectivity index is 2.32. The van der Waals surface area contributed by atoms with E-state index in [1.54, 1.807) is 0 Å². The average Bonchev–Trinajstić information content (AvgIpc) is 2.20.